The second kappa shape index (κ2) is 4.62. The molecular formula is C12H9N3O3. The quantitative estimate of drug-likeness (QED) is 0.383. The Morgan fingerprint density at radius 3 is 2.67 bits per heavy atom. The molecule has 0 radical (unpaired) electrons. The number of nitrogens with two attached hydrogens (primary N) is 1. The normalized spacial score (nSPS) is 10.0. The lowest BCUT2D eigenvalue weighted by Gasteiger charge is -2.04. The highest BCUT2D eigenvalue weighted by Crippen LogP contribution is 2.22. The molecular weight excluding hydrogens is 234 g/mol. The summed E-state index contributed by atoms with van der Waals surface area (Å²) in [6.45, 7) is 0. The summed E-state index contributed by atoms with van der Waals surface area (Å²) < 4.78 is 0. The number of nitro groups is 1. The average molecular weight is 243 g/mol. The van der Waals surface area contributed by atoms with Crippen molar-refractivity contribution in [2.24, 2.45) is 0 Å². The topological polar surface area (TPSA) is 99.1 Å². The van der Waals surface area contributed by atoms with Crippen LogP contribution in [0.15, 0.2) is 42.7 Å². The third-order valence-corrected chi connectivity index (χ3v) is 2.41. The second-order valence-electron chi connectivity index (χ2n) is 3.60. The van der Waals surface area contributed by atoms with Crippen molar-refractivity contribution in [3.63, 3.8) is 0 Å². The van der Waals surface area contributed by atoms with Crippen LogP contribution in [-0.2, 0) is 0 Å². The van der Waals surface area contributed by atoms with Crippen LogP contribution in [0.25, 0.3) is 0 Å². The molecule has 6 heteroatoms. The van der Waals surface area contributed by atoms with E-state index in [4.69, 9.17) is 5.73 Å². The van der Waals surface area contributed by atoms with E-state index in [1.807, 2.05) is 0 Å². The van der Waals surface area contributed by atoms with Gasteiger partial charge in [0.2, 0.25) is 0 Å². The summed E-state index contributed by atoms with van der Waals surface area (Å²) in [6.07, 6.45) is 2.97. The van der Waals surface area contributed by atoms with E-state index in [2.05, 4.69) is 4.98 Å². The number of rotatable bonds is 3. The van der Waals surface area contributed by atoms with Gasteiger partial charge in [-0.15, -0.1) is 0 Å². The molecule has 2 N–H and O–H groups in total. The molecule has 0 spiro atoms. The van der Waals surface area contributed by atoms with E-state index in [0.29, 0.717) is 5.56 Å². The standard InChI is InChI=1S/C12H9N3O3/c13-11-6-9(15(17)18)3-4-10(11)12(16)8-2-1-5-14-7-8/h1-7H,13H2. The first-order valence-corrected chi connectivity index (χ1v) is 5.08. The first-order valence-electron chi connectivity index (χ1n) is 5.08. The number of pyridine rings is 1. The maximum absolute atomic E-state index is 12.1. The summed E-state index contributed by atoms with van der Waals surface area (Å²) in [6, 6.07) is 7.01. The van der Waals surface area contributed by atoms with Crippen LogP contribution in [-0.4, -0.2) is 15.7 Å². The molecule has 0 bridgehead atoms. The molecule has 0 saturated carbocycles. The summed E-state index contributed by atoms with van der Waals surface area (Å²) >= 11 is 0. The predicted octanol–water partition coefficient (Wildman–Crippen LogP) is 1.80. The summed E-state index contributed by atoms with van der Waals surface area (Å²) in [5, 5.41) is 10.6. The zero-order valence-corrected chi connectivity index (χ0v) is 9.24. The highest BCUT2D eigenvalue weighted by Gasteiger charge is 2.15. The van der Waals surface area contributed by atoms with Crippen LogP contribution in [0.2, 0.25) is 0 Å². The van der Waals surface area contributed by atoms with Crippen LogP contribution in [0.1, 0.15) is 15.9 Å². The molecule has 1 aromatic heterocycles. The van der Waals surface area contributed by atoms with E-state index in [0.717, 1.165) is 0 Å². The number of aromatic nitrogens is 1. The number of nitrogens with zero attached hydrogens (tertiary/aromatic N) is 2. The van der Waals surface area contributed by atoms with E-state index < -0.39 is 4.92 Å². The van der Waals surface area contributed by atoms with Crippen molar-refractivity contribution in [1.29, 1.82) is 0 Å². The molecule has 0 fully saturated rings. The Labute approximate surface area is 102 Å². The number of nitrogen functional groups attached to an aromatic ring is 1. The molecule has 90 valence electrons. The molecule has 0 aliphatic heterocycles. The Kier molecular flexibility index (Phi) is 3.01. The minimum Gasteiger partial charge on any atom is -0.398 e. The highest BCUT2D eigenvalue weighted by molar-refractivity contribution is 6.12. The van der Waals surface area contributed by atoms with Gasteiger partial charge in [0.15, 0.2) is 5.78 Å². The fourth-order valence-electron chi connectivity index (χ4n) is 1.52. The lowest BCUT2D eigenvalue weighted by molar-refractivity contribution is -0.384. The Morgan fingerprint density at radius 1 is 1.33 bits per heavy atom. The summed E-state index contributed by atoms with van der Waals surface area (Å²) in [4.78, 5) is 25.9. The number of hydrogen-bond donors (Lipinski definition) is 1. The van der Waals surface area contributed by atoms with Crippen LogP contribution in [0.3, 0.4) is 0 Å². The molecule has 0 amide bonds. The Hall–Kier alpha value is -2.76. The molecule has 2 aromatic rings. The number of nitro benzene ring substituents is 1. The SMILES string of the molecule is Nc1cc([N+](=O)[O-])ccc1C(=O)c1cccnc1. The fourth-order valence-corrected chi connectivity index (χ4v) is 1.52. The van der Waals surface area contributed by atoms with Crippen LogP contribution >= 0.6 is 0 Å². The van der Waals surface area contributed by atoms with Crippen molar-refractivity contribution < 1.29 is 9.72 Å². The summed E-state index contributed by atoms with van der Waals surface area (Å²) in [5.74, 6) is -0.310. The van der Waals surface area contributed by atoms with Gasteiger partial charge in [-0.25, -0.2) is 0 Å². The van der Waals surface area contributed by atoms with Crippen molar-refractivity contribution in [3.8, 4) is 0 Å². The van der Waals surface area contributed by atoms with Gasteiger partial charge in [0, 0.05) is 41.3 Å². The first-order chi connectivity index (χ1) is 8.59. The average Bonchev–Trinajstić information content (AvgIpc) is 2.38. The number of anilines is 1. The molecule has 1 heterocycles. The number of hydrogen-bond acceptors (Lipinski definition) is 5. The van der Waals surface area contributed by atoms with Gasteiger partial charge in [-0.05, 0) is 18.2 Å². The second-order valence-corrected chi connectivity index (χ2v) is 3.60. The third kappa shape index (κ3) is 2.17. The molecule has 0 atom stereocenters. The lowest BCUT2D eigenvalue weighted by Crippen LogP contribution is -2.06. The van der Waals surface area contributed by atoms with Gasteiger partial charge < -0.3 is 5.73 Å². The molecule has 1 aromatic carbocycles. The molecule has 0 saturated heterocycles. The number of non-ortho nitro benzene ring substituents is 1. The van der Waals surface area contributed by atoms with Crippen molar-refractivity contribution in [2.75, 3.05) is 5.73 Å². The van der Waals surface area contributed by atoms with Crippen LogP contribution in [0, 0.1) is 10.1 Å². The van der Waals surface area contributed by atoms with Gasteiger partial charge in [-0.3, -0.25) is 19.9 Å². The molecule has 0 unspecified atom stereocenters. The summed E-state index contributed by atoms with van der Waals surface area (Å²) in [5.41, 5.74) is 6.21. The van der Waals surface area contributed by atoms with Crippen LogP contribution < -0.4 is 5.73 Å². The Bertz CT molecular complexity index is 611. The van der Waals surface area contributed by atoms with Gasteiger partial charge in [0.25, 0.3) is 5.69 Å². The number of ketones is 1. The maximum atomic E-state index is 12.1. The zero-order valence-electron chi connectivity index (χ0n) is 9.24. The molecule has 6 nitrogen and oxygen atoms in total. The van der Waals surface area contributed by atoms with Gasteiger partial charge in [0.05, 0.1) is 4.92 Å². The van der Waals surface area contributed by atoms with E-state index in [1.165, 1.54) is 24.4 Å². The smallest absolute Gasteiger partial charge is 0.271 e. The fraction of sp³-hybridized carbons (Fsp3) is 0. The maximum Gasteiger partial charge on any atom is 0.271 e. The molecule has 2 rings (SSSR count). The first kappa shape index (κ1) is 11.7. The van der Waals surface area contributed by atoms with Crippen molar-refractivity contribution in [2.45, 2.75) is 0 Å². The number of carbonyl (C=O) groups excluding carboxylic acids is 1. The highest BCUT2D eigenvalue weighted by atomic mass is 16.6. The predicted molar refractivity (Wildman–Crippen MR) is 65.2 cm³/mol. The Balaban J connectivity index is 2.41. The van der Waals surface area contributed by atoms with E-state index in [1.54, 1.807) is 18.3 Å². The third-order valence-electron chi connectivity index (χ3n) is 2.41. The van der Waals surface area contributed by atoms with E-state index in [9.17, 15) is 14.9 Å². The zero-order chi connectivity index (χ0) is 13.1. The largest absolute Gasteiger partial charge is 0.398 e. The molecule has 0 aliphatic carbocycles. The van der Waals surface area contributed by atoms with Crippen molar-refractivity contribution >= 4 is 17.2 Å². The van der Waals surface area contributed by atoms with Crippen LogP contribution in [0.5, 0.6) is 0 Å². The Morgan fingerprint density at radius 2 is 2.11 bits per heavy atom. The van der Waals surface area contributed by atoms with E-state index in [-0.39, 0.29) is 22.7 Å². The number of carbonyl (C=O) groups is 1. The monoisotopic (exact) mass is 243 g/mol. The van der Waals surface area contributed by atoms with Gasteiger partial charge >= 0.3 is 0 Å². The minimum atomic E-state index is -0.561. The minimum absolute atomic E-state index is 0.0815. The molecule has 0 aliphatic rings. The van der Waals surface area contributed by atoms with Crippen molar-refractivity contribution in [1.82, 2.24) is 4.98 Å². The van der Waals surface area contributed by atoms with Crippen molar-refractivity contribution in [3.05, 3.63) is 64.0 Å². The molecule has 18 heavy (non-hydrogen) atoms. The van der Waals surface area contributed by atoms with E-state index >= 15 is 0 Å². The van der Waals surface area contributed by atoms with Gasteiger partial charge in [-0.1, -0.05) is 0 Å². The number of benzene rings is 1. The summed E-state index contributed by atoms with van der Waals surface area (Å²) in [7, 11) is 0. The van der Waals surface area contributed by atoms with Gasteiger partial charge in [0.1, 0.15) is 0 Å². The van der Waals surface area contributed by atoms with Crippen LogP contribution in [0.4, 0.5) is 11.4 Å². The van der Waals surface area contributed by atoms with Gasteiger partial charge in [-0.2, -0.15) is 0 Å². The lowest BCUT2D eigenvalue weighted by atomic mass is 10.0.